The van der Waals surface area contributed by atoms with Crippen molar-refractivity contribution in [3.8, 4) is 0 Å². The molecule has 1 saturated heterocycles. The number of likely N-dealkylation sites (N-methyl/N-ethyl adjacent to an activating group) is 1. The summed E-state index contributed by atoms with van der Waals surface area (Å²) in [5, 5.41) is 9.67. The van der Waals surface area contributed by atoms with Crippen LogP contribution in [0.5, 0.6) is 0 Å². The number of aromatic nitrogens is 1. The highest BCUT2D eigenvalue weighted by Gasteiger charge is 2.19. The molecule has 4 nitrogen and oxygen atoms in total. The highest BCUT2D eigenvalue weighted by atomic mass is 16.3. The molecule has 118 valence electrons. The lowest BCUT2D eigenvalue weighted by Gasteiger charge is -2.34. The SMILES string of the molecule is CCC(O)CN(C)CCC1CCN(c2ccncc2)CC1. The van der Waals surface area contributed by atoms with Gasteiger partial charge in [-0.1, -0.05) is 6.92 Å². The molecule has 21 heavy (non-hydrogen) atoms. The molecule has 0 spiro atoms. The Morgan fingerprint density at radius 1 is 1.33 bits per heavy atom. The molecule has 1 aliphatic rings. The van der Waals surface area contributed by atoms with E-state index in [0.717, 1.165) is 38.5 Å². The zero-order valence-corrected chi connectivity index (χ0v) is 13.4. The average molecular weight is 291 g/mol. The number of hydrogen-bond donors (Lipinski definition) is 1. The largest absolute Gasteiger partial charge is 0.392 e. The molecule has 0 saturated carbocycles. The van der Waals surface area contributed by atoms with Gasteiger partial charge in [-0.05, 0) is 57.3 Å². The third kappa shape index (κ3) is 5.29. The minimum absolute atomic E-state index is 0.177. The third-order valence-electron chi connectivity index (χ3n) is 4.56. The van der Waals surface area contributed by atoms with Gasteiger partial charge in [-0.15, -0.1) is 0 Å². The van der Waals surface area contributed by atoms with Crippen molar-refractivity contribution in [1.82, 2.24) is 9.88 Å². The lowest BCUT2D eigenvalue weighted by atomic mass is 9.93. The van der Waals surface area contributed by atoms with E-state index in [-0.39, 0.29) is 6.10 Å². The molecule has 1 aromatic rings. The Balaban J connectivity index is 1.67. The van der Waals surface area contributed by atoms with Gasteiger partial charge in [0.25, 0.3) is 0 Å². The fourth-order valence-electron chi connectivity index (χ4n) is 3.02. The highest BCUT2D eigenvalue weighted by Crippen LogP contribution is 2.24. The molecule has 2 rings (SSSR count). The zero-order chi connectivity index (χ0) is 15.1. The van der Waals surface area contributed by atoms with Gasteiger partial charge in [0.1, 0.15) is 0 Å². The van der Waals surface area contributed by atoms with E-state index in [1.165, 1.54) is 24.9 Å². The van der Waals surface area contributed by atoms with Gasteiger partial charge >= 0.3 is 0 Å². The van der Waals surface area contributed by atoms with E-state index in [4.69, 9.17) is 0 Å². The Morgan fingerprint density at radius 3 is 2.62 bits per heavy atom. The molecule has 2 heterocycles. The van der Waals surface area contributed by atoms with Gasteiger partial charge in [-0.2, -0.15) is 0 Å². The molecule has 4 heteroatoms. The molecule has 0 aromatic carbocycles. The number of anilines is 1. The van der Waals surface area contributed by atoms with Crippen molar-refractivity contribution in [2.24, 2.45) is 5.92 Å². The first kappa shape index (κ1) is 16.2. The summed E-state index contributed by atoms with van der Waals surface area (Å²) in [7, 11) is 2.12. The van der Waals surface area contributed by atoms with E-state index >= 15 is 0 Å². The fraction of sp³-hybridized carbons (Fsp3) is 0.706. The fourth-order valence-corrected chi connectivity index (χ4v) is 3.02. The standard InChI is InChI=1S/C17H29N3O/c1-3-17(21)14-19(2)11-6-15-7-12-20(13-8-15)16-4-9-18-10-5-16/h4-5,9-10,15,17,21H,3,6-8,11-14H2,1-2H3. The van der Waals surface area contributed by atoms with Crippen LogP contribution in [0.25, 0.3) is 0 Å². The second-order valence-electron chi connectivity index (χ2n) is 6.25. The van der Waals surface area contributed by atoms with E-state index in [1.54, 1.807) is 0 Å². The van der Waals surface area contributed by atoms with Crippen LogP contribution in [0.4, 0.5) is 5.69 Å². The predicted octanol–water partition coefficient (Wildman–Crippen LogP) is 2.39. The smallest absolute Gasteiger partial charge is 0.0664 e. The molecule has 1 aliphatic heterocycles. The predicted molar refractivity (Wildman–Crippen MR) is 87.6 cm³/mol. The van der Waals surface area contributed by atoms with Gasteiger partial charge in [0, 0.05) is 37.7 Å². The first-order valence-electron chi connectivity index (χ1n) is 8.20. The highest BCUT2D eigenvalue weighted by molar-refractivity contribution is 5.44. The molecule has 1 unspecified atom stereocenters. The Morgan fingerprint density at radius 2 is 2.00 bits per heavy atom. The molecule has 0 bridgehead atoms. The van der Waals surface area contributed by atoms with Crippen molar-refractivity contribution in [3.05, 3.63) is 24.5 Å². The summed E-state index contributed by atoms with van der Waals surface area (Å²) in [5.74, 6) is 0.823. The van der Waals surface area contributed by atoms with Crippen LogP contribution in [-0.2, 0) is 0 Å². The summed E-state index contributed by atoms with van der Waals surface area (Å²) >= 11 is 0. The molecule has 0 amide bonds. The molecular weight excluding hydrogens is 262 g/mol. The molecular formula is C17H29N3O. The Hall–Kier alpha value is -1.13. The van der Waals surface area contributed by atoms with Gasteiger partial charge in [0.15, 0.2) is 0 Å². The van der Waals surface area contributed by atoms with Gasteiger partial charge in [0.05, 0.1) is 6.10 Å². The summed E-state index contributed by atoms with van der Waals surface area (Å²) in [5.41, 5.74) is 1.30. The lowest BCUT2D eigenvalue weighted by molar-refractivity contribution is 0.118. The van der Waals surface area contributed by atoms with Crippen LogP contribution < -0.4 is 4.90 Å². The second-order valence-corrected chi connectivity index (χ2v) is 6.25. The van der Waals surface area contributed by atoms with E-state index < -0.39 is 0 Å². The van der Waals surface area contributed by atoms with Crippen LogP contribution in [0, 0.1) is 5.92 Å². The summed E-state index contributed by atoms with van der Waals surface area (Å²) < 4.78 is 0. The molecule has 1 fully saturated rings. The number of aliphatic hydroxyl groups is 1. The number of rotatable bonds is 7. The van der Waals surface area contributed by atoms with Crippen LogP contribution in [0.2, 0.25) is 0 Å². The molecule has 0 aliphatic carbocycles. The van der Waals surface area contributed by atoms with Crippen molar-refractivity contribution in [1.29, 1.82) is 0 Å². The third-order valence-corrected chi connectivity index (χ3v) is 4.56. The Bertz CT molecular complexity index is 390. The number of nitrogens with zero attached hydrogens (tertiary/aromatic N) is 3. The van der Waals surface area contributed by atoms with Gasteiger partial charge in [0.2, 0.25) is 0 Å². The molecule has 1 atom stereocenters. The van der Waals surface area contributed by atoms with Crippen molar-refractivity contribution in [3.63, 3.8) is 0 Å². The molecule has 1 aromatic heterocycles. The Kier molecular flexibility index (Phi) is 6.46. The lowest BCUT2D eigenvalue weighted by Crippen LogP contribution is -2.35. The summed E-state index contributed by atoms with van der Waals surface area (Å²) in [6.45, 7) is 6.22. The van der Waals surface area contributed by atoms with Crippen molar-refractivity contribution < 1.29 is 5.11 Å². The van der Waals surface area contributed by atoms with E-state index in [1.807, 2.05) is 19.3 Å². The van der Waals surface area contributed by atoms with Gasteiger partial charge < -0.3 is 14.9 Å². The quantitative estimate of drug-likeness (QED) is 0.837. The second kappa shape index (κ2) is 8.35. The molecule has 0 radical (unpaired) electrons. The summed E-state index contributed by atoms with van der Waals surface area (Å²) in [6.07, 6.45) is 8.19. The maximum Gasteiger partial charge on any atom is 0.0664 e. The first-order valence-corrected chi connectivity index (χ1v) is 8.20. The number of pyridine rings is 1. The van der Waals surface area contributed by atoms with Gasteiger partial charge in [-0.25, -0.2) is 0 Å². The van der Waals surface area contributed by atoms with Crippen LogP contribution in [0.3, 0.4) is 0 Å². The number of hydrogen-bond acceptors (Lipinski definition) is 4. The number of aliphatic hydroxyl groups excluding tert-OH is 1. The van der Waals surface area contributed by atoms with E-state index in [9.17, 15) is 5.11 Å². The van der Waals surface area contributed by atoms with E-state index in [2.05, 4.69) is 34.0 Å². The average Bonchev–Trinajstić information content (AvgIpc) is 2.54. The summed E-state index contributed by atoms with van der Waals surface area (Å²) in [6, 6.07) is 4.19. The van der Waals surface area contributed by atoms with Crippen LogP contribution in [-0.4, -0.2) is 54.3 Å². The van der Waals surface area contributed by atoms with Crippen molar-refractivity contribution in [2.45, 2.75) is 38.7 Å². The van der Waals surface area contributed by atoms with E-state index in [0.29, 0.717) is 0 Å². The van der Waals surface area contributed by atoms with Crippen LogP contribution >= 0.6 is 0 Å². The monoisotopic (exact) mass is 291 g/mol. The normalized spacial score (nSPS) is 18.2. The maximum atomic E-state index is 9.67. The first-order chi connectivity index (χ1) is 10.2. The topological polar surface area (TPSA) is 39.6 Å². The number of piperidine rings is 1. The minimum Gasteiger partial charge on any atom is -0.392 e. The molecule has 1 N–H and O–H groups in total. The Labute approximate surface area is 128 Å². The maximum absolute atomic E-state index is 9.67. The van der Waals surface area contributed by atoms with Crippen molar-refractivity contribution >= 4 is 5.69 Å². The minimum atomic E-state index is -0.177. The van der Waals surface area contributed by atoms with Crippen molar-refractivity contribution in [2.75, 3.05) is 38.1 Å². The van der Waals surface area contributed by atoms with Crippen LogP contribution in [0.15, 0.2) is 24.5 Å². The van der Waals surface area contributed by atoms with Crippen LogP contribution in [0.1, 0.15) is 32.6 Å². The van der Waals surface area contributed by atoms with Gasteiger partial charge in [-0.3, -0.25) is 4.98 Å². The zero-order valence-electron chi connectivity index (χ0n) is 13.4. The summed E-state index contributed by atoms with van der Waals surface area (Å²) in [4.78, 5) is 8.81.